The first-order chi connectivity index (χ1) is 12.5. The van der Waals surface area contributed by atoms with Gasteiger partial charge in [0.15, 0.2) is 11.7 Å². The molecule has 1 amide bonds. The van der Waals surface area contributed by atoms with E-state index in [2.05, 4.69) is 26.2 Å². The molecule has 0 aliphatic heterocycles. The lowest BCUT2D eigenvalue weighted by atomic mass is 10.2. The first-order valence-corrected chi connectivity index (χ1v) is 9.51. The van der Waals surface area contributed by atoms with E-state index in [1.165, 1.54) is 11.3 Å². The number of anilines is 1. The number of aromatic nitrogens is 1. The van der Waals surface area contributed by atoms with Crippen LogP contribution < -0.4 is 14.8 Å². The average Bonchev–Trinajstić information content (AvgIpc) is 3.08. The van der Waals surface area contributed by atoms with Crippen molar-refractivity contribution in [2.75, 3.05) is 19.0 Å². The van der Waals surface area contributed by atoms with Crippen LogP contribution >= 0.6 is 27.3 Å². The van der Waals surface area contributed by atoms with Crippen LogP contribution in [0.2, 0.25) is 0 Å². The van der Waals surface area contributed by atoms with Gasteiger partial charge in [-0.25, -0.2) is 4.98 Å². The number of amides is 1. The van der Waals surface area contributed by atoms with E-state index in [1.54, 1.807) is 7.11 Å². The minimum atomic E-state index is -0.247. The quantitative estimate of drug-likeness (QED) is 0.601. The number of hydrogen-bond donors (Lipinski definition) is 1. The molecule has 3 rings (SSSR count). The first-order valence-electron chi connectivity index (χ1n) is 7.84. The summed E-state index contributed by atoms with van der Waals surface area (Å²) in [5, 5.41) is 5.19. The molecule has 2 aromatic carbocycles. The van der Waals surface area contributed by atoms with Gasteiger partial charge in [-0.05, 0) is 58.7 Å². The number of methoxy groups -OCH3 is 1. The van der Waals surface area contributed by atoms with Crippen LogP contribution in [-0.4, -0.2) is 24.6 Å². The van der Waals surface area contributed by atoms with Gasteiger partial charge >= 0.3 is 0 Å². The van der Waals surface area contributed by atoms with Gasteiger partial charge in [0.1, 0.15) is 11.5 Å². The number of benzene rings is 2. The summed E-state index contributed by atoms with van der Waals surface area (Å²) >= 11 is 4.83. The second-order valence-electron chi connectivity index (χ2n) is 5.54. The molecule has 1 aromatic heterocycles. The monoisotopic (exact) mass is 432 g/mol. The third-order valence-corrected chi connectivity index (χ3v) is 4.93. The van der Waals surface area contributed by atoms with Gasteiger partial charge in [0.25, 0.3) is 5.91 Å². The zero-order valence-electron chi connectivity index (χ0n) is 14.3. The molecule has 0 fully saturated rings. The van der Waals surface area contributed by atoms with Crippen molar-refractivity contribution in [1.29, 1.82) is 0 Å². The highest BCUT2D eigenvalue weighted by Gasteiger charge is 2.10. The normalized spacial score (nSPS) is 10.4. The van der Waals surface area contributed by atoms with E-state index in [0.29, 0.717) is 10.9 Å². The summed E-state index contributed by atoms with van der Waals surface area (Å²) < 4.78 is 11.6. The largest absolute Gasteiger partial charge is 0.496 e. The fourth-order valence-electron chi connectivity index (χ4n) is 2.30. The highest BCUT2D eigenvalue weighted by atomic mass is 79.9. The maximum absolute atomic E-state index is 12.1. The fraction of sp³-hybridized carbons (Fsp3) is 0.158. The van der Waals surface area contributed by atoms with Crippen LogP contribution in [0, 0.1) is 6.92 Å². The van der Waals surface area contributed by atoms with Gasteiger partial charge in [0.05, 0.1) is 17.3 Å². The van der Waals surface area contributed by atoms with Gasteiger partial charge in [-0.1, -0.05) is 12.1 Å². The Kier molecular flexibility index (Phi) is 5.90. The number of halogens is 1. The Morgan fingerprint density at radius 1 is 1.27 bits per heavy atom. The lowest BCUT2D eigenvalue weighted by molar-refractivity contribution is -0.118. The fourth-order valence-corrected chi connectivity index (χ4v) is 3.58. The molecule has 0 aliphatic rings. The van der Waals surface area contributed by atoms with Crippen molar-refractivity contribution in [2.45, 2.75) is 6.92 Å². The van der Waals surface area contributed by atoms with Gasteiger partial charge in [-0.3, -0.25) is 10.1 Å². The Bertz CT molecular complexity index is 927. The first kappa shape index (κ1) is 18.4. The van der Waals surface area contributed by atoms with Crippen molar-refractivity contribution in [1.82, 2.24) is 4.98 Å². The zero-order valence-corrected chi connectivity index (χ0v) is 16.7. The predicted octanol–water partition coefficient (Wildman–Crippen LogP) is 4.91. The van der Waals surface area contributed by atoms with Crippen LogP contribution in [0.25, 0.3) is 11.3 Å². The Balaban J connectivity index is 1.61. The summed E-state index contributed by atoms with van der Waals surface area (Å²) in [6, 6.07) is 13.3. The second kappa shape index (κ2) is 8.33. The third-order valence-electron chi connectivity index (χ3n) is 3.56. The molecule has 0 saturated carbocycles. The molecule has 1 N–H and O–H groups in total. The van der Waals surface area contributed by atoms with E-state index >= 15 is 0 Å². The lowest BCUT2D eigenvalue weighted by Gasteiger charge is -2.06. The van der Waals surface area contributed by atoms with E-state index in [9.17, 15) is 4.79 Å². The van der Waals surface area contributed by atoms with Gasteiger partial charge in [-0.2, -0.15) is 0 Å². The van der Waals surface area contributed by atoms with Crippen LogP contribution in [0.15, 0.2) is 52.3 Å². The minimum Gasteiger partial charge on any atom is -0.496 e. The molecule has 0 bridgehead atoms. The van der Waals surface area contributed by atoms with Crippen LogP contribution in [-0.2, 0) is 4.79 Å². The number of nitrogens with zero attached hydrogens (tertiary/aromatic N) is 1. The maximum atomic E-state index is 12.1. The summed E-state index contributed by atoms with van der Waals surface area (Å²) in [5.41, 5.74) is 2.80. The number of carbonyl (C=O) groups is 1. The summed E-state index contributed by atoms with van der Waals surface area (Å²) in [6.07, 6.45) is 0. The van der Waals surface area contributed by atoms with Crippen LogP contribution in [0.3, 0.4) is 0 Å². The van der Waals surface area contributed by atoms with E-state index in [-0.39, 0.29) is 12.5 Å². The van der Waals surface area contributed by atoms with Crippen molar-refractivity contribution < 1.29 is 14.3 Å². The number of hydrogen-bond acceptors (Lipinski definition) is 5. The Morgan fingerprint density at radius 2 is 2.12 bits per heavy atom. The van der Waals surface area contributed by atoms with Crippen LogP contribution in [0.5, 0.6) is 11.5 Å². The number of aryl methyl sites for hydroxylation is 1. The second-order valence-corrected chi connectivity index (χ2v) is 7.25. The smallest absolute Gasteiger partial charge is 0.264 e. The number of nitrogens with one attached hydrogen (secondary N) is 1. The summed E-state index contributed by atoms with van der Waals surface area (Å²) in [7, 11) is 1.62. The average molecular weight is 433 g/mol. The molecule has 0 radical (unpaired) electrons. The number of carbonyl (C=O) groups excluding carboxylic acids is 1. The Hall–Kier alpha value is -2.38. The van der Waals surface area contributed by atoms with Crippen LogP contribution in [0.4, 0.5) is 5.13 Å². The standard InChI is InChI=1S/C19H17BrN2O3S/c1-12-4-3-5-14(8-12)25-10-18(23)22-19-21-16(11-26-19)13-6-7-17(24-2)15(20)9-13/h3-9,11H,10H2,1-2H3,(H,21,22,23). The molecule has 1 heterocycles. The Labute approximate surface area is 164 Å². The van der Waals surface area contributed by atoms with Crippen molar-refractivity contribution in [3.8, 4) is 22.8 Å². The SMILES string of the molecule is COc1ccc(-c2csc(NC(=O)COc3cccc(C)c3)n2)cc1Br. The van der Waals surface area contributed by atoms with Crippen molar-refractivity contribution in [2.24, 2.45) is 0 Å². The van der Waals surface area contributed by atoms with E-state index < -0.39 is 0 Å². The van der Waals surface area contributed by atoms with E-state index in [4.69, 9.17) is 9.47 Å². The molecular formula is C19H17BrN2O3S. The minimum absolute atomic E-state index is 0.0630. The highest BCUT2D eigenvalue weighted by molar-refractivity contribution is 9.10. The zero-order chi connectivity index (χ0) is 18.5. The molecule has 0 saturated heterocycles. The molecular weight excluding hydrogens is 416 g/mol. The van der Waals surface area contributed by atoms with Gasteiger partial charge in [-0.15, -0.1) is 11.3 Å². The summed E-state index contributed by atoms with van der Waals surface area (Å²) in [6.45, 7) is 1.91. The molecule has 3 aromatic rings. The van der Waals surface area contributed by atoms with E-state index in [1.807, 2.05) is 54.8 Å². The molecule has 134 valence electrons. The molecule has 0 aliphatic carbocycles. The number of thiazole rings is 1. The Morgan fingerprint density at radius 3 is 2.85 bits per heavy atom. The van der Waals surface area contributed by atoms with E-state index in [0.717, 1.165) is 27.0 Å². The van der Waals surface area contributed by atoms with Crippen molar-refractivity contribution >= 4 is 38.3 Å². The topological polar surface area (TPSA) is 60.5 Å². The van der Waals surface area contributed by atoms with Crippen molar-refractivity contribution in [3.63, 3.8) is 0 Å². The summed E-state index contributed by atoms with van der Waals surface area (Å²) in [4.78, 5) is 16.5. The highest BCUT2D eigenvalue weighted by Crippen LogP contribution is 2.32. The van der Waals surface area contributed by atoms with Crippen LogP contribution in [0.1, 0.15) is 5.56 Å². The number of ether oxygens (including phenoxy) is 2. The molecule has 26 heavy (non-hydrogen) atoms. The summed E-state index contributed by atoms with van der Waals surface area (Å²) in [5.74, 6) is 1.18. The van der Waals surface area contributed by atoms with Crippen molar-refractivity contribution in [3.05, 3.63) is 57.9 Å². The number of rotatable bonds is 6. The predicted molar refractivity (Wildman–Crippen MR) is 107 cm³/mol. The molecule has 0 unspecified atom stereocenters. The van der Waals surface area contributed by atoms with Gasteiger partial charge in [0.2, 0.25) is 0 Å². The molecule has 7 heteroatoms. The third kappa shape index (κ3) is 4.62. The van der Waals surface area contributed by atoms with Gasteiger partial charge < -0.3 is 9.47 Å². The lowest BCUT2D eigenvalue weighted by Crippen LogP contribution is -2.20. The molecule has 0 atom stereocenters. The molecule has 5 nitrogen and oxygen atoms in total. The maximum Gasteiger partial charge on any atom is 0.264 e. The van der Waals surface area contributed by atoms with Gasteiger partial charge in [0, 0.05) is 10.9 Å². The molecule has 0 spiro atoms.